The third-order valence-electron chi connectivity index (χ3n) is 4.95. The van der Waals surface area contributed by atoms with Crippen LogP contribution < -0.4 is 5.32 Å². The van der Waals surface area contributed by atoms with E-state index in [0.717, 1.165) is 11.2 Å². The van der Waals surface area contributed by atoms with Crippen molar-refractivity contribution in [3.05, 3.63) is 0 Å². The second kappa shape index (κ2) is 4.53. The molecule has 2 aliphatic rings. The molecule has 2 fully saturated rings. The Labute approximate surface area is 105 Å². The summed E-state index contributed by atoms with van der Waals surface area (Å²) in [6, 6.07) is 0. The first-order valence-electron chi connectivity index (χ1n) is 6.90. The van der Waals surface area contributed by atoms with Crippen molar-refractivity contribution < 1.29 is 0 Å². The maximum atomic E-state index is 3.77. The lowest BCUT2D eigenvalue weighted by molar-refractivity contribution is 0.131. The molecule has 1 nitrogen and oxygen atoms in total. The Balaban J connectivity index is 1.92. The van der Waals surface area contributed by atoms with E-state index in [1.807, 2.05) is 0 Å². The van der Waals surface area contributed by atoms with Gasteiger partial charge in [-0.25, -0.2) is 0 Å². The molecule has 0 radical (unpaired) electrons. The fourth-order valence-corrected chi connectivity index (χ4v) is 4.82. The maximum absolute atomic E-state index is 3.77. The lowest BCUT2D eigenvalue weighted by atomic mass is 9.68. The molecule has 1 spiro atoms. The van der Waals surface area contributed by atoms with Crippen LogP contribution in [0.5, 0.6) is 0 Å². The number of nitrogens with one attached hydrogen (secondary N) is 1. The largest absolute Gasteiger partial charge is 0.302 e. The SMILES string of the molecule is CCC(C)(C)C1CCC2(CC1)NCC(C)S2. The fourth-order valence-electron chi connectivity index (χ4n) is 3.25. The van der Waals surface area contributed by atoms with Crippen LogP contribution in [0.2, 0.25) is 0 Å². The van der Waals surface area contributed by atoms with Crippen molar-refractivity contribution in [1.82, 2.24) is 5.32 Å². The molecular formula is C14H27NS. The van der Waals surface area contributed by atoms with E-state index in [4.69, 9.17) is 0 Å². The lowest BCUT2D eigenvalue weighted by Gasteiger charge is -2.43. The standard InChI is InChI=1S/C14H27NS/c1-5-13(3,4)12-6-8-14(9-7-12)15-10-11(2)16-14/h11-12,15H,5-10H2,1-4H3. The molecule has 16 heavy (non-hydrogen) atoms. The predicted molar refractivity (Wildman–Crippen MR) is 73.8 cm³/mol. The van der Waals surface area contributed by atoms with E-state index in [1.165, 1.54) is 38.6 Å². The van der Waals surface area contributed by atoms with Gasteiger partial charge in [-0.05, 0) is 37.0 Å². The topological polar surface area (TPSA) is 12.0 Å². The van der Waals surface area contributed by atoms with Crippen LogP contribution in [0.25, 0.3) is 0 Å². The Morgan fingerprint density at radius 2 is 1.94 bits per heavy atom. The van der Waals surface area contributed by atoms with Crippen molar-refractivity contribution in [2.75, 3.05) is 6.54 Å². The molecule has 1 heterocycles. The zero-order valence-corrected chi connectivity index (χ0v) is 12.1. The smallest absolute Gasteiger partial charge is 0.0648 e. The molecule has 0 bridgehead atoms. The second-order valence-corrected chi connectivity index (χ2v) is 8.24. The van der Waals surface area contributed by atoms with Gasteiger partial charge in [-0.3, -0.25) is 0 Å². The van der Waals surface area contributed by atoms with Crippen LogP contribution >= 0.6 is 11.8 Å². The van der Waals surface area contributed by atoms with Gasteiger partial charge in [0.25, 0.3) is 0 Å². The highest BCUT2D eigenvalue weighted by molar-refractivity contribution is 8.01. The average molecular weight is 241 g/mol. The Morgan fingerprint density at radius 1 is 1.31 bits per heavy atom. The quantitative estimate of drug-likeness (QED) is 0.783. The molecular weight excluding hydrogens is 214 g/mol. The van der Waals surface area contributed by atoms with Crippen LogP contribution in [0.4, 0.5) is 0 Å². The van der Waals surface area contributed by atoms with E-state index in [2.05, 4.69) is 44.8 Å². The predicted octanol–water partition coefficient (Wildman–Crippen LogP) is 4.03. The molecule has 94 valence electrons. The highest BCUT2D eigenvalue weighted by atomic mass is 32.2. The summed E-state index contributed by atoms with van der Waals surface area (Å²) in [7, 11) is 0. The zero-order chi connectivity index (χ0) is 11.8. The molecule has 0 amide bonds. The summed E-state index contributed by atoms with van der Waals surface area (Å²) in [5, 5.41) is 4.59. The van der Waals surface area contributed by atoms with Gasteiger partial charge in [0.15, 0.2) is 0 Å². The Bertz CT molecular complexity index is 241. The van der Waals surface area contributed by atoms with E-state index in [0.29, 0.717) is 10.3 Å². The minimum Gasteiger partial charge on any atom is -0.302 e. The first-order valence-corrected chi connectivity index (χ1v) is 7.78. The monoisotopic (exact) mass is 241 g/mol. The van der Waals surface area contributed by atoms with Crippen molar-refractivity contribution in [2.45, 2.75) is 69.9 Å². The lowest BCUT2D eigenvalue weighted by Crippen LogP contribution is -2.43. The molecule has 1 atom stereocenters. The summed E-state index contributed by atoms with van der Waals surface area (Å²) >= 11 is 2.20. The van der Waals surface area contributed by atoms with Gasteiger partial charge >= 0.3 is 0 Å². The van der Waals surface area contributed by atoms with E-state index in [-0.39, 0.29) is 0 Å². The van der Waals surface area contributed by atoms with E-state index in [1.54, 1.807) is 0 Å². The molecule has 0 aromatic carbocycles. The van der Waals surface area contributed by atoms with E-state index < -0.39 is 0 Å². The van der Waals surface area contributed by atoms with Crippen molar-refractivity contribution >= 4 is 11.8 Å². The van der Waals surface area contributed by atoms with Gasteiger partial charge in [-0.1, -0.05) is 34.1 Å². The summed E-state index contributed by atoms with van der Waals surface area (Å²) in [5.74, 6) is 0.946. The van der Waals surface area contributed by atoms with E-state index in [9.17, 15) is 0 Å². The summed E-state index contributed by atoms with van der Waals surface area (Å²) < 4.78 is 0. The minimum atomic E-state index is 0.458. The number of hydrogen-bond donors (Lipinski definition) is 1. The van der Waals surface area contributed by atoms with Crippen LogP contribution in [-0.2, 0) is 0 Å². The number of hydrogen-bond acceptors (Lipinski definition) is 2. The first kappa shape index (κ1) is 12.8. The maximum Gasteiger partial charge on any atom is 0.0648 e. The van der Waals surface area contributed by atoms with Crippen LogP contribution in [0.3, 0.4) is 0 Å². The highest BCUT2D eigenvalue weighted by Gasteiger charge is 2.43. The van der Waals surface area contributed by atoms with Gasteiger partial charge in [0.1, 0.15) is 0 Å². The van der Waals surface area contributed by atoms with Crippen LogP contribution in [0, 0.1) is 11.3 Å². The molecule has 1 saturated carbocycles. The van der Waals surface area contributed by atoms with Gasteiger partial charge in [0.2, 0.25) is 0 Å². The Morgan fingerprint density at radius 3 is 2.38 bits per heavy atom. The number of thioether (sulfide) groups is 1. The fraction of sp³-hybridized carbons (Fsp3) is 1.00. The molecule has 1 N–H and O–H groups in total. The molecule has 2 heteroatoms. The van der Waals surface area contributed by atoms with Gasteiger partial charge in [0.05, 0.1) is 4.87 Å². The molecule has 0 aromatic heterocycles. The third-order valence-corrected chi connectivity index (χ3v) is 6.52. The normalized spacial score (nSPS) is 40.5. The number of rotatable bonds is 2. The van der Waals surface area contributed by atoms with Crippen molar-refractivity contribution in [1.29, 1.82) is 0 Å². The molecule has 0 aromatic rings. The van der Waals surface area contributed by atoms with Crippen LogP contribution in [0.15, 0.2) is 0 Å². The summed E-state index contributed by atoms with van der Waals surface area (Å²) in [6.07, 6.45) is 6.94. The second-order valence-electron chi connectivity index (χ2n) is 6.42. The molecule has 2 rings (SSSR count). The van der Waals surface area contributed by atoms with E-state index >= 15 is 0 Å². The van der Waals surface area contributed by atoms with Crippen molar-refractivity contribution in [3.63, 3.8) is 0 Å². The first-order chi connectivity index (χ1) is 7.47. The molecule has 1 unspecified atom stereocenters. The highest BCUT2D eigenvalue weighted by Crippen LogP contribution is 2.49. The zero-order valence-electron chi connectivity index (χ0n) is 11.3. The Kier molecular flexibility index (Phi) is 3.61. The summed E-state index contributed by atoms with van der Waals surface area (Å²) in [5.41, 5.74) is 0.552. The minimum absolute atomic E-state index is 0.458. The van der Waals surface area contributed by atoms with Crippen molar-refractivity contribution in [2.24, 2.45) is 11.3 Å². The Hall–Kier alpha value is 0.310. The van der Waals surface area contributed by atoms with Gasteiger partial charge in [0, 0.05) is 11.8 Å². The van der Waals surface area contributed by atoms with Gasteiger partial charge < -0.3 is 5.32 Å². The van der Waals surface area contributed by atoms with Crippen LogP contribution in [0.1, 0.15) is 59.8 Å². The van der Waals surface area contributed by atoms with Crippen molar-refractivity contribution in [3.8, 4) is 0 Å². The summed E-state index contributed by atoms with van der Waals surface area (Å²) in [4.78, 5) is 0.458. The molecule has 1 aliphatic heterocycles. The molecule has 1 saturated heterocycles. The third kappa shape index (κ3) is 2.43. The van der Waals surface area contributed by atoms with Gasteiger partial charge in [-0.15, -0.1) is 11.8 Å². The van der Waals surface area contributed by atoms with Gasteiger partial charge in [-0.2, -0.15) is 0 Å². The molecule has 1 aliphatic carbocycles. The average Bonchev–Trinajstić information content (AvgIpc) is 2.61. The summed E-state index contributed by atoms with van der Waals surface area (Å²) in [6.45, 7) is 10.8. The van der Waals surface area contributed by atoms with Crippen LogP contribution in [-0.4, -0.2) is 16.7 Å².